The lowest BCUT2D eigenvalue weighted by Gasteiger charge is -2.26. The molecular weight excluding hydrogens is 550 g/mol. The largest absolute Gasteiger partial charge is 0.438 e. The first-order valence-electron chi connectivity index (χ1n) is 14.0. The lowest BCUT2D eigenvalue weighted by atomic mass is 10.1. The van der Waals surface area contributed by atoms with E-state index in [2.05, 4.69) is 26.7 Å². The van der Waals surface area contributed by atoms with Crippen molar-refractivity contribution in [1.29, 1.82) is 0 Å². The van der Waals surface area contributed by atoms with E-state index in [0.717, 1.165) is 41.9 Å². The Bertz CT molecular complexity index is 1690. The van der Waals surface area contributed by atoms with Crippen LogP contribution in [0.1, 0.15) is 51.9 Å². The van der Waals surface area contributed by atoms with Crippen LogP contribution < -0.4 is 15.2 Å². The molecule has 0 aliphatic carbocycles. The fourth-order valence-electron chi connectivity index (χ4n) is 5.24. The number of piperidine rings is 1. The molecule has 1 amide bonds. The van der Waals surface area contributed by atoms with E-state index in [9.17, 15) is 13.2 Å². The molecule has 1 saturated heterocycles. The first-order chi connectivity index (χ1) is 20.1. The molecule has 9 nitrogen and oxygen atoms in total. The minimum atomic E-state index is -4.30. The molecule has 0 saturated carbocycles. The van der Waals surface area contributed by atoms with E-state index < -0.39 is 15.9 Å². The highest BCUT2D eigenvalue weighted by Gasteiger charge is 2.25. The van der Waals surface area contributed by atoms with E-state index >= 15 is 0 Å². The molecule has 10 heteroatoms. The van der Waals surface area contributed by atoms with Crippen molar-refractivity contribution in [3.8, 4) is 22.9 Å². The van der Waals surface area contributed by atoms with E-state index in [1.807, 2.05) is 45.0 Å². The van der Waals surface area contributed by atoms with Crippen LogP contribution in [0.15, 0.2) is 71.8 Å². The zero-order valence-corrected chi connectivity index (χ0v) is 24.9. The number of rotatable bonds is 8. The van der Waals surface area contributed by atoms with E-state index in [1.165, 1.54) is 49.1 Å². The molecule has 0 bridgehead atoms. The van der Waals surface area contributed by atoms with Gasteiger partial charge < -0.3 is 10.5 Å². The number of anilines is 1. The number of aromatic nitrogens is 2. The maximum Gasteiger partial charge on any atom is 0.281 e. The van der Waals surface area contributed by atoms with Gasteiger partial charge in [-0.2, -0.15) is 8.42 Å². The second kappa shape index (κ2) is 12.3. The Kier molecular flexibility index (Phi) is 8.56. The fraction of sp³-hybridized carbons (Fsp3) is 0.281. The molecule has 3 heterocycles. The summed E-state index contributed by atoms with van der Waals surface area (Å²) in [6, 6.07) is 19.5. The molecule has 1 fully saturated rings. The molecule has 3 N–H and O–H groups in total. The first kappa shape index (κ1) is 29.2. The number of carbonyl (C=O) groups excluding carboxylic acids is 1. The quantitative estimate of drug-likeness (QED) is 0.276. The van der Waals surface area contributed by atoms with Crippen molar-refractivity contribution in [2.75, 3.05) is 18.8 Å². The molecule has 1 aliphatic heterocycles. The van der Waals surface area contributed by atoms with Gasteiger partial charge in [-0.1, -0.05) is 54.4 Å². The number of nitrogens with zero attached hydrogens (tertiary/aromatic N) is 3. The molecule has 0 unspecified atom stereocenters. The van der Waals surface area contributed by atoms with Crippen molar-refractivity contribution < 1.29 is 17.9 Å². The Hall–Kier alpha value is -4.28. The molecule has 0 atom stereocenters. The highest BCUT2D eigenvalue weighted by molar-refractivity contribution is 7.90. The molecule has 2 aromatic carbocycles. The normalized spacial score (nSPS) is 14.0. The zero-order valence-electron chi connectivity index (χ0n) is 24.1. The number of hydrogen-bond acceptors (Lipinski definition) is 8. The van der Waals surface area contributed by atoms with Crippen molar-refractivity contribution in [2.45, 2.75) is 51.6 Å². The Morgan fingerprint density at radius 2 is 1.62 bits per heavy atom. The van der Waals surface area contributed by atoms with Crippen LogP contribution in [0.5, 0.6) is 11.6 Å². The average molecular weight is 586 g/mol. The van der Waals surface area contributed by atoms with Crippen molar-refractivity contribution in [3.63, 3.8) is 0 Å². The third kappa shape index (κ3) is 6.78. The Balaban J connectivity index is 1.47. The smallest absolute Gasteiger partial charge is 0.281 e. The summed E-state index contributed by atoms with van der Waals surface area (Å²) in [5.74, 6) is -0.329. The minimum absolute atomic E-state index is 0.00631. The van der Waals surface area contributed by atoms with Crippen LogP contribution in [-0.4, -0.2) is 42.3 Å². The second-order valence-corrected chi connectivity index (χ2v) is 12.4. The molecular formula is C32H35N5O4S. The van der Waals surface area contributed by atoms with Crippen LogP contribution in [0.25, 0.3) is 11.3 Å². The number of pyridine rings is 2. The van der Waals surface area contributed by atoms with E-state index in [-0.39, 0.29) is 22.3 Å². The monoisotopic (exact) mass is 585 g/mol. The summed E-state index contributed by atoms with van der Waals surface area (Å²) >= 11 is 0. The number of nitrogens with two attached hydrogens (primary N) is 1. The van der Waals surface area contributed by atoms with Crippen molar-refractivity contribution >= 4 is 21.7 Å². The minimum Gasteiger partial charge on any atom is -0.438 e. The van der Waals surface area contributed by atoms with Gasteiger partial charge in [-0.05, 0) is 87.7 Å². The first-order valence-corrected chi connectivity index (χ1v) is 15.5. The summed E-state index contributed by atoms with van der Waals surface area (Å²) in [4.78, 5) is 24.4. The SMILES string of the molecule is Cc1cc(C)c(Oc2nc(-c3ccc(CN4CCCCC4)cc3)ccc2C(=O)NS(=O)(=O)c2cccc(N)n2)c(C)c1. The maximum absolute atomic E-state index is 13.4. The predicted molar refractivity (Wildman–Crippen MR) is 163 cm³/mol. The molecule has 42 heavy (non-hydrogen) atoms. The zero-order chi connectivity index (χ0) is 29.9. The van der Waals surface area contributed by atoms with Crippen LogP contribution in [0.2, 0.25) is 0 Å². The van der Waals surface area contributed by atoms with Gasteiger partial charge in [0.2, 0.25) is 5.88 Å². The molecule has 4 aromatic rings. The van der Waals surface area contributed by atoms with Crippen LogP contribution in [0.4, 0.5) is 5.82 Å². The lowest BCUT2D eigenvalue weighted by Crippen LogP contribution is -2.31. The molecule has 218 valence electrons. The van der Waals surface area contributed by atoms with Gasteiger partial charge in [0, 0.05) is 12.1 Å². The van der Waals surface area contributed by atoms with Gasteiger partial charge in [-0.15, -0.1) is 0 Å². The Morgan fingerprint density at radius 3 is 2.29 bits per heavy atom. The molecule has 1 aliphatic rings. The van der Waals surface area contributed by atoms with Crippen LogP contribution in [0, 0.1) is 20.8 Å². The standard InChI is InChI=1S/C32H35N5O4S/c1-21-18-22(2)30(23(3)19-21)41-32-26(31(38)36-42(39,40)29-9-7-8-28(33)35-29)14-15-27(34-32)25-12-10-24(11-13-25)20-37-16-5-4-6-17-37/h7-15,18-19H,4-6,16-17,20H2,1-3H3,(H2,33,35)(H,36,38). The highest BCUT2D eigenvalue weighted by Crippen LogP contribution is 2.33. The molecule has 5 rings (SSSR count). The number of sulfonamides is 1. The van der Waals surface area contributed by atoms with Gasteiger partial charge in [0.15, 0.2) is 5.03 Å². The number of ether oxygens (including phenoxy) is 1. The van der Waals surface area contributed by atoms with Gasteiger partial charge in [0.1, 0.15) is 17.1 Å². The summed E-state index contributed by atoms with van der Waals surface area (Å²) in [5.41, 5.74) is 11.1. The van der Waals surface area contributed by atoms with Crippen LogP contribution in [-0.2, 0) is 16.6 Å². The number of benzene rings is 2. The van der Waals surface area contributed by atoms with Crippen LogP contribution in [0.3, 0.4) is 0 Å². The van der Waals surface area contributed by atoms with Gasteiger partial charge >= 0.3 is 0 Å². The third-order valence-electron chi connectivity index (χ3n) is 7.26. The Morgan fingerprint density at radius 1 is 0.929 bits per heavy atom. The summed E-state index contributed by atoms with van der Waals surface area (Å²) in [6.45, 7) is 8.96. The lowest BCUT2D eigenvalue weighted by molar-refractivity contribution is 0.0978. The summed E-state index contributed by atoms with van der Waals surface area (Å²) in [6.07, 6.45) is 3.77. The Labute approximate surface area is 246 Å². The van der Waals surface area contributed by atoms with Crippen LogP contribution >= 0.6 is 0 Å². The van der Waals surface area contributed by atoms with Gasteiger partial charge in [-0.3, -0.25) is 9.69 Å². The number of carbonyl (C=O) groups is 1. The van der Waals surface area contributed by atoms with E-state index in [4.69, 9.17) is 15.5 Å². The summed E-state index contributed by atoms with van der Waals surface area (Å²) < 4.78 is 34.2. The second-order valence-electron chi connectivity index (χ2n) is 10.7. The van der Waals surface area contributed by atoms with Crippen molar-refractivity contribution in [2.24, 2.45) is 0 Å². The van der Waals surface area contributed by atoms with E-state index in [1.54, 1.807) is 6.07 Å². The fourth-order valence-corrected chi connectivity index (χ4v) is 6.18. The highest BCUT2D eigenvalue weighted by atomic mass is 32.2. The van der Waals surface area contributed by atoms with Gasteiger partial charge in [0.25, 0.3) is 15.9 Å². The third-order valence-corrected chi connectivity index (χ3v) is 8.49. The molecule has 0 spiro atoms. The van der Waals surface area contributed by atoms with Gasteiger partial charge in [0.05, 0.1) is 5.69 Å². The molecule has 0 radical (unpaired) electrons. The van der Waals surface area contributed by atoms with E-state index in [0.29, 0.717) is 11.4 Å². The average Bonchev–Trinajstić information content (AvgIpc) is 2.95. The number of amides is 1. The number of hydrogen-bond donors (Lipinski definition) is 2. The predicted octanol–water partition coefficient (Wildman–Crippen LogP) is 5.55. The number of nitrogen functional groups attached to an aromatic ring is 1. The topological polar surface area (TPSA) is 128 Å². The number of likely N-dealkylation sites (tertiary alicyclic amines) is 1. The number of aryl methyl sites for hydroxylation is 3. The van der Waals surface area contributed by atoms with Crippen molar-refractivity contribution in [1.82, 2.24) is 19.6 Å². The van der Waals surface area contributed by atoms with Crippen molar-refractivity contribution in [3.05, 3.63) is 94.5 Å². The molecule has 2 aromatic heterocycles. The number of nitrogens with one attached hydrogen (secondary N) is 1. The summed E-state index contributed by atoms with van der Waals surface area (Å²) in [7, 11) is -4.30. The maximum atomic E-state index is 13.4. The summed E-state index contributed by atoms with van der Waals surface area (Å²) in [5, 5.41) is -0.363. The van der Waals surface area contributed by atoms with Gasteiger partial charge in [-0.25, -0.2) is 14.7 Å².